The average molecular weight is 236 g/mol. The highest BCUT2D eigenvalue weighted by atomic mass is 16.5. The highest BCUT2D eigenvalue weighted by molar-refractivity contribution is 5.14. The minimum Gasteiger partial charge on any atom is -0.371 e. The molecule has 2 rings (SSSR count). The van der Waals surface area contributed by atoms with E-state index in [2.05, 4.69) is 16.9 Å². The molecule has 1 aliphatic rings. The van der Waals surface area contributed by atoms with Crippen LogP contribution in [0.4, 0.5) is 0 Å². The molecule has 94 valence electrons. The van der Waals surface area contributed by atoms with E-state index in [4.69, 9.17) is 4.74 Å². The van der Waals surface area contributed by atoms with Crippen LogP contribution in [0.15, 0.2) is 10.9 Å². The van der Waals surface area contributed by atoms with Gasteiger partial charge in [0, 0.05) is 18.6 Å². The molecule has 1 fully saturated rings. The summed E-state index contributed by atoms with van der Waals surface area (Å²) in [5.41, 5.74) is 0.877. The Bertz CT molecular complexity index is 418. The maximum Gasteiger partial charge on any atom is 0.251 e. The summed E-state index contributed by atoms with van der Waals surface area (Å²) < 4.78 is 5.65. The first kappa shape index (κ1) is 12.3. The van der Waals surface area contributed by atoms with E-state index in [9.17, 15) is 4.79 Å². The van der Waals surface area contributed by atoms with Crippen molar-refractivity contribution in [2.24, 2.45) is 0 Å². The summed E-state index contributed by atoms with van der Waals surface area (Å²) in [6.07, 6.45) is 4.15. The van der Waals surface area contributed by atoms with Gasteiger partial charge in [-0.25, -0.2) is 4.98 Å². The van der Waals surface area contributed by atoms with Gasteiger partial charge in [-0.2, -0.15) is 0 Å². The maximum absolute atomic E-state index is 11.6. The van der Waals surface area contributed by atoms with E-state index >= 15 is 0 Å². The summed E-state index contributed by atoms with van der Waals surface area (Å²) in [6, 6.07) is 1.62. The third kappa shape index (κ3) is 3.16. The third-order valence-electron chi connectivity index (χ3n) is 3.00. The normalized spacial score (nSPS) is 17.1. The molecule has 1 unspecified atom stereocenters. The van der Waals surface area contributed by atoms with E-state index in [1.54, 1.807) is 6.07 Å². The van der Waals surface area contributed by atoms with Gasteiger partial charge in [-0.3, -0.25) is 4.79 Å². The van der Waals surface area contributed by atoms with Crippen LogP contribution < -0.4 is 5.56 Å². The summed E-state index contributed by atoms with van der Waals surface area (Å²) in [6.45, 7) is 4.71. The van der Waals surface area contributed by atoms with Gasteiger partial charge in [0.05, 0.1) is 5.69 Å². The van der Waals surface area contributed by atoms with E-state index in [1.807, 2.05) is 6.92 Å². The number of nitrogens with zero attached hydrogens (tertiary/aromatic N) is 1. The van der Waals surface area contributed by atoms with E-state index in [0.717, 1.165) is 31.4 Å². The van der Waals surface area contributed by atoms with Crippen molar-refractivity contribution in [2.75, 3.05) is 6.61 Å². The number of aromatic nitrogens is 2. The Labute approximate surface area is 101 Å². The third-order valence-corrected chi connectivity index (χ3v) is 3.00. The van der Waals surface area contributed by atoms with Crippen molar-refractivity contribution in [1.82, 2.24) is 9.97 Å². The molecule has 0 bridgehead atoms. The van der Waals surface area contributed by atoms with Gasteiger partial charge in [-0.05, 0) is 26.2 Å². The van der Waals surface area contributed by atoms with Crippen LogP contribution in [0.3, 0.4) is 0 Å². The molecule has 1 aliphatic carbocycles. The summed E-state index contributed by atoms with van der Waals surface area (Å²) in [7, 11) is 0. The van der Waals surface area contributed by atoms with Gasteiger partial charge in [0.2, 0.25) is 0 Å². The number of hydrogen-bond acceptors (Lipinski definition) is 3. The lowest BCUT2D eigenvalue weighted by Crippen LogP contribution is -2.17. The monoisotopic (exact) mass is 236 g/mol. The molecule has 0 radical (unpaired) electrons. The van der Waals surface area contributed by atoms with Crippen molar-refractivity contribution < 1.29 is 4.74 Å². The van der Waals surface area contributed by atoms with Crippen molar-refractivity contribution in [1.29, 1.82) is 0 Å². The molecule has 1 saturated carbocycles. The average Bonchev–Trinajstić information content (AvgIpc) is 3.12. The van der Waals surface area contributed by atoms with Gasteiger partial charge in [0.25, 0.3) is 5.56 Å². The van der Waals surface area contributed by atoms with Gasteiger partial charge in [-0.1, -0.05) is 13.3 Å². The standard InChI is InChI=1S/C13H20N2O2/c1-3-5-11(17-4-2)13-14-10(9-6-7-9)8-12(16)15-13/h8-9,11H,3-7H2,1-2H3,(H,14,15,16). The van der Waals surface area contributed by atoms with Crippen LogP contribution in [0.5, 0.6) is 0 Å². The SMILES string of the molecule is CCCC(OCC)c1nc(C2CC2)cc(=O)[nH]1. The molecule has 0 saturated heterocycles. The number of rotatable bonds is 6. The largest absolute Gasteiger partial charge is 0.371 e. The Balaban J connectivity index is 2.24. The van der Waals surface area contributed by atoms with E-state index < -0.39 is 0 Å². The molecule has 4 nitrogen and oxygen atoms in total. The van der Waals surface area contributed by atoms with Gasteiger partial charge in [0.15, 0.2) is 0 Å². The lowest BCUT2D eigenvalue weighted by Gasteiger charge is -2.15. The first-order valence-corrected chi connectivity index (χ1v) is 6.47. The molecular formula is C13H20N2O2. The zero-order valence-corrected chi connectivity index (χ0v) is 10.5. The van der Waals surface area contributed by atoms with Crippen LogP contribution in [0.1, 0.15) is 63.1 Å². The van der Waals surface area contributed by atoms with E-state index in [-0.39, 0.29) is 11.7 Å². The fraction of sp³-hybridized carbons (Fsp3) is 0.692. The number of nitrogens with one attached hydrogen (secondary N) is 1. The van der Waals surface area contributed by atoms with Gasteiger partial charge >= 0.3 is 0 Å². The first-order chi connectivity index (χ1) is 8.24. The van der Waals surface area contributed by atoms with Crippen LogP contribution >= 0.6 is 0 Å². The number of H-pyrrole nitrogens is 1. The molecule has 0 aliphatic heterocycles. The minimum absolute atomic E-state index is 0.0577. The highest BCUT2D eigenvalue weighted by Gasteiger charge is 2.26. The van der Waals surface area contributed by atoms with Crippen molar-refractivity contribution >= 4 is 0 Å². The van der Waals surface area contributed by atoms with Crippen molar-refractivity contribution in [3.63, 3.8) is 0 Å². The molecule has 1 aromatic rings. The van der Waals surface area contributed by atoms with Crippen LogP contribution in [0, 0.1) is 0 Å². The zero-order valence-electron chi connectivity index (χ0n) is 10.5. The second-order valence-corrected chi connectivity index (χ2v) is 4.56. The van der Waals surface area contributed by atoms with E-state index in [1.165, 1.54) is 0 Å². The first-order valence-electron chi connectivity index (χ1n) is 6.47. The Kier molecular flexibility index (Phi) is 3.94. The molecule has 1 atom stereocenters. The second-order valence-electron chi connectivity index (χ2n) is 4.56. The van der Waals surface area contributed by atoms with Gasteiger partial charge < -0.3 is 9.72 Å². The topological polar surface area (TPSA) is 55.0 Å². The Hall–Kier alpha value is -1.16. The number of ether oxygens (including phenoxy) is 1. The van der Waals surface area contributed by atoms with Crippen molar-refractivity contribution in [3.05, 3.63) is 27.9 Å². The fourth-order valence-corrected chi connectivity index (χ4v) is 2.00. The van der Waals surface area contributed by atoms with Crippen LogP contribution in [0.2, 0.25) is 0 Å². The lowest BCUT2D eigenvalue weighted by molar-refractivity contribution is 0.0490. The van der Waals surface area contributed by atoms with Gasteiger partial charge in [-0.15, -0.1) is 0 Å². The quantitative estimate of drug-likeness (QED) is 0.825. The molecule has 1 heterocycles. The number of hydrogen-bond donors (Lipinski definition) is 1. The summed E-state index contributed by atoms with van der Waals surface area (Å²) in [4.78, 5) is 19.0. The summed E-state index contributed by atoms with van der Waals surface area (Å²) in [5.74, 6) is 1.20. The molecule has 4 heteroatoms. The van der Waals surface area contributed by atoms with Gasteiger partial charge in [0.1, 0.15) is 11.9 Å². The molecule has 0 aromatic carbocycles. The van der Waals surface area contributed by atoms with Crippen LogP contribution in [0.25, 0.3) is 0 Å². The fourth-order valence-electron chi connectivity index (χ4n) is 2.00. The van der Waals surface area contributed by atoms with Crippen molar-refractivity contribution in [2.45, 2.75) is 51.6 Å². The molecule has 1 N–H and O–H groups in total. The summed E-state index contributed by atoms with van der Waals surface area (Å²) in [5, 5.41) is 0. The Morgan fingerprint density at radius 3 is 2.88 bits per heavy atom. The smallest absolute Gasteiger partial charge is 0.251 e. The molecule has 17 heavy (non-hydrogen) atoms. The Morgan fingerprint density at radius 2 is 2.29 bits per heavy atom. The predicted molar refractivity (Wildman–Crippen MR) is 66.1 cm³/mol. The number of aromatic amines is 1. The van der Waals surface area contributed by atoms with Crippen molar-refractivity contribution in [3.8, 4) is 0 Å². The maximum atomic E-state index is 11.6. The summed E-state index contributed by atoms with van der Waals surface area (Å²) >= 11 is 0. The zero-order chi connectivity index (χ0) is 12.3. The highest BCUT2D eigenvalue weighted by Crippen LogP contribution is 2.38. The second kappa shape index (κ2) is 5.45. The van der Waals surface area contributed by atoms with Crippen LogP contribution in [-0.2, 0) is 4.74 Å². The minimum atomic E-state index is -0.0728. The molecule has 0 spiro atoms. The molecule has 0 amide bonds. The molecule has 1 aromatic heterocycles. The lowest BCUT2D eigenvalue weighted by atomic mass is 10.2. The Morgan fingerprint density at radius 1 is 1.53 bits per heavy atom. The van der Waals surface area contributed by atoms with Crippen LogP contribution in [-0.4, -0.2) is 16.6 Å². The predicted octanol–water partition coefficient (Wildman–Crippen LogP) is 2.53. The molecular weight excluding hydrogens is 216 g/mol. The van der Waals surface area contributed by atoms with E-state index in [0.29, 0.717) is 18.3 Å².